The van der Waals surface area contributed by atoms with Crippen LogP contribution in [0.2, 0.25) is 0 Å². The summed E-state index contributed by atoms with van der Waals surface area (Å²) in [4.78, 5) is 30.9. The van der Waals surface area contributed by atoms with E-state index in [0.29, 0.717) is 5.76 Å². The number of carbonyl (C=O) groups excluding carboxylic acids is 2. The zero-order valence-corrected chi connectivity index (χ0v) is 10.4. The van der Waals surface area contributed by atoms with Gasteiger partial charge in [-0.05, 0) is 19.9 Å². The topological polar surface area (TPSA) is 111 Å². The van der Waals surface area contributed by atoms with Crippen molar-refractivity contribution in [3.05, 3.63) is 35.3 Å². The lowest BCUT2D eigenvalue weighted by Gasteiger charge is -2.02. The number of carbonyl (C=O) groups is 2. The summed E-state index contributed by atoms with van der Waals surface area (Å²) < 4.78 is 5.36. The summed E-state index contributed by atoms with van der Waals surface area (Å²) in [5.74, 6) is -0.410. The Balaban J connectivity index is 2.49. The molecule has 0 saturated heterocycles. The highest BCUT2D eigenvalue weighted by Crippen LogP contribution is 2.28. The van der Waals surface area contributed by atoms with Crippen molar-refractivity contribution in [1.82, 2.24) is 9.97 Å². The maximum absolute atomic E-state index is 11.5. The summed E-state index contributed by atoms with van der Waals surface area (Å²) in [6, 6.07) is 1.65. The maximum atomic E-state index is 11.5. The average molecular weight is 260 g/mol. The van der Waals surface area contributed by atoms with Crippen LogP contribution in [0.5, 0.6) is 0 Å². The van der Waals surface area contributed by atoms with Gasteiger partial charge in [0.05, 0.1) is 5.56 Å². The standard InChI is InChI=1S/C12H12N4O3/c1-6(17)8-7(2)19-11(9(8)10(13)18)16-12-14-4-3-5-15-12/h3-5H,1-2H3,(H2,13,18)(H,14,15,16). The lowest BCUT2D eigenvalue weighted by Crippen LogP contribution is -2.16. The summed E-state index contributed by atoms with van der Waals surface area (Å²) in [6.45, 7) is 2.92. The van der Waals surface area contributed by atoms with E-state index < -0.39 is 5.91 Å². The highest BCUT2D eigenvalue weighted by Gasteiger charge is 2.25. The summed E-state index contributed by atoms with van der Waals surface area (Å²) in [5, 5.41) is 2.73. The Hall–Kier alpha value is -2.70. The van der Waals surface area contributed by atoms with Gasteiger partial charge in [-0.3, -0.25) is 14.9 Å². The minimum atomic E-state index is -0.750. The quantitative estimate of drug-likeness (QED) is 0.804. The average Bonchev–Trinajstić information content (AvgIpc) is 2.67. The first-order chi connectivity index (χ1) is 9.00. The molecule has 0 aliphatic heterocycles. The van der Waals surface area contributed by atoms with Crippen molar-refractivity contribution in [1.29, 1.82) is 0 Å². The largest absolute Gasteiger partial charge is 0.444 e. The SMILES string of the molecule is CC(=O)c1c(C)oc(Nc2ncccn2)c1C(N)=O. The van der Waals surface area contributed by atoms with Gasteiger partial charge < -0.3 is 10.2 Å². The number of anilines is 2. The second-order valence-electron chi connectivity index (χ2n) is 3.86. The number of nitrogens with one attached hydrogen (secondary N) is 1. The molecule has 0 fully saturated rings. The van der Waals surface area contributed by atoms with Gasteiger partial charge in [-0.2, -0.15) is 0 Å². The number of nitrogens with zero attached hydrogens (tertiary/aromatic N) is 2. The van der Waals surface area contributed by atoms with E-state index in [0.717, 1.165) is 0 Å². The minimum absolute atomic E-state index is 0.0115. The fourth-order valence-corrected chi connectivity index (χ4v) is 1.76. The number of ketones is 1. The van der Waals surface area contributed by atoms with Crippen LogP contribution in [0.3, 0.4) is 0 Å². The first kappa shape index (κ1) is 12.7. The molecule has 19 heavy (non-hydrogen) atoms. The number of primary amides is 1. The van der Waals surface area contributed by atoms with E-state index in [1.165, 1.54) is 19.3 Å². The first-order valence-corrected chi connectivity index (χ1v) is 5.49. The predicted octanol–water partition coefficient (Wildman–Crippen LogP) is 1.42. The molecule has 1 amide bonds. The Bertz CT molecular complexity index is 634. The fraction of sp³-hybridized carbons (Fsp3) is 0.167. The Morgan fingerprint density at radius 2 is 1.89 bits per heavy atom. The lowest BCUT2D eigenvalue weighted by molar-refractivity contribution is 0.0974. The van der Waals surface area contributed by atoms with Crippen LogP contribution in [-0.4, -0.2) is 21.7 Å². The number of nitrogens with two attached hydrogens (primary N) is 1. The number of Topliss-reactive ketones (excluding diaryl/α,β-unsaturated/α-hetero) is 1. The van der Waals surface area contributed by atoms with Crippen LogP contribution in [0.15, 0.2) is 22.9 Å². The normalized spacial score (nSPS) is 10.2. The summed E-state index contributed by atoms with van der Waals surface area (Å²) in [5.41, 5.74) is 5.47. The number of aromatic nitrogens is 2. The predicted molar refractivity (Wildman–Crippen MR) is 67.3 cm³/mol. The van der Waals surface area contributed by atoms with Gasteiger partial charge >= 0.3 is 0 Å². The maximum Gasteiger partial charge on any atom is 0.255 e. The molecule has 2 aromatic heterocycles. The van der Waals surface area contributed by atoms with Gasteiger partial charge in [-0.15, -0.1) is 0 Å². The van der Waals surface area contributed by atoms with E-state index in [1.807, 2.05) is 0 Å². The second kappa shape index (κ2) is 4.89. The van der Waals surface area contributed by atoms with Gasteiger partial charge in [0.15, 0.2) is 5.78 Å². The van der Waals surface area contributed by atoms with Gasteiger partial charge in [0.2, 0.25) is 11.8 Å². The number of rotatable bonds is 4. The van der Waals surface area contributed by atoms with E-state index in [-0.39, 0.29) is 28.7 Å². The summed E-state index contributed by atoms with van der Waals surface area (Å²) >= 11 is 0. The second-order valence-corrected chi connectivity index (χ2v) is 3.86. The molecule has 98 valence electrons. The third kappa shape index (κ3) is 2.44. The molecule has 7 heteroatoms. The van der Waals surface area contributed by atoms with Gasteiger partial charge in [-0.1, -0.05) is 0 Å². The zero-order valence-electron chi connectivity index (χ0n) is 10.4. The molecule has 0 unspecified atom stereocenters. The van der Waals surface area contributed by atoms with Crippen molar-refractivity contribution in [3.63, 3.8) is 0 Å². The molecule has 2 rings (SSSR count). The molecule has 2 heterocycles. The van der Waals surface area contributed by atoms with Crippen LogP contribution >= 0.6 is 0 Å². The lowest BCUT2D eigenvalue weighted by atomic mass is 10.1. The number of amides is 1. The number of furan rings is 1. The van der Waals surface area contributed by atoms with E-state index in [2.05, 4.69) is 15.3 Å². The number of hydrogen-bond donors (Lipinski definition) is 2. The van der Waals surface area contributed by atoms with Crippen LogP contribution in [0.4, 0.5) is 11.8 Å². The van der Waals surface area contributed by atoms with Gasteiger partial charge in [0, 0.05) is 12.4 Å². The third-order valence-corrected chi connectivity index (χ3v) is 2.47. The molecule has 0 radical (unpaired) electrons. The van der Waals surface area contributed by atoms with Crippen LogP contribution in [0, 0.1) is 6.92 Å². The van der Waals surface area contributed by atoms with Crippen molar-refractivity contribution in [2.45, 2.75) is 13.8 Å². The smallest absolute Gasteiger partial charge is 0.255 e. The van der Waals surface area contributed by atoms with E-state index in [1.54, 1.807) is 13.0 Å². The zero-order chi connectivity index (χ0) is 14.0. The molecule has 0 spiro atoms. The van der Waals surface area contributed by atoms with E-state index in [9.17, 15) is 9.59 Å². The molecule has 7 nitrogen and oxygen atoms in total. The highest BCUT2D eigenvalue weighted by molar-refractivity contribution is 6.10. The monoisotopic (exact) mass is 260 g/mol. The van der Waals surface area contributed by atoms with Crippen molar-refractivity contribution in [3.8, 4) is 0 Å². The van der Waals surface area contributed by atoms with Crippen molar-refractivity contribution >= 4 is 23.5 Å². The van der Waals surface area contributed by atoms with Crippen LogP contribution < -0.4 is 11.1 Å². The number of hydrogen-bond acceptors (Lipinski definition) is 6. The molecule has 0 aliphatic carbocycles. The van der Waals surface area contributed by atoms with Crippen molar-refractivity contribution in [2.75, 3.05) is 5.32 Å². The molecule has 0 bridgehead atoms. The summed E-state index contributed by atoms with van der Waals surface area (Å²) in [6.07, 6.45) is 3.06. The Morgan fingerprint density at radius 1 is 1.26 bits per heavy atom. The first-order valence-electron chi connectivity index (χ1n) is 5.49. The molecular weight excluding hydrogens is 248 g/mol. The molecule has 0 saturated carbocycles. The number of aryl methyl sites for hydroxylation is 1. The van der Waals surface area contributed by atoms with Crippen LogP contribution in [-0.2, 0) is 0 Å². The molecule has 2 aromatic rings. The Morgan fingerprint density at radius 3 is 2.42 bits per heavy atom. The molecular formula is C12H12N4O3. The van der Waals surface area contributed by atoms with E-state index in [4.69, 9.17) is 10.2 Å². The summed E-state index contributed by atoms with van der Waals surface area (Å²) in [7, 11) is 0. The van der Waals surface area contributed by atoms with Crippen LogP contribution in [0.25, 0.3) is 0 Å². The molecule has 0 aliphatic rings. The minimum Gasteiger partial charge on any atom is -0.444 e. The van der Waals surface area contributed by atoms with E-state index >= 15 is 0 Å². The van der Waals surface area contributed by atoms with Crippen molar-refractivity contribution < 1.29 is 14.0 Å². The van der Waals surface area contributed by atoms with Gasteiger partial charge in [0.1, 0.15) is 11.3 Å². The molecule has 0 atom stereocenters. The van der Waals surface area contributed by atoms with Gasteiger partial charge in [-0.25, -0.2) is 9.97 Å². The fourth-order valence-electron chi connectivity index (χ4n) is 1.76. The Labute approximate surface area is 108 Å². The molecule has 0 aromatic carbocycles. The third-order valence-electron chi connectivity index (χ3n) is 2.47. The van der Waals surface area contributed by atoms with Gasteiger partial charge in [0.25, 0.3) is 5.91 Å². The van der Waals surface area contributed by atoms with Crippen molar-refractivity contribution in [2.24, 2.45) is 5.73 Å². The Kier molecular flexibility index (Phi) is 3.28. The van der Waals surface area contributed by atoms with Crippen LogP contribution in [0.1, 0.15) is 33.4 Å². The molecule has 3 N–H and O–H groups in total. The highest BCUT2D eigenvalue weighted by atomic mass is 16.4.